The molecule has 0 unspecified atom stereocenters. The lowest BCUT2D eigenvalue weighted by atomic mass is 9.83. The maximum atomic E-state index is 12.8. The van der Waals surface area contributed by atoms with Crippen LogP contribution in [0, 0.1) is 13.8 Å². The Kier molecular flexibility index (Phi) is 10.6. The number of benzene rings is 6. The number of hydrogen-bond acceptors (Lipinski definition) is 10. The number of nitrogens with one attached hydrogen (secondary N) is 2. The fraction of sp³-hybridized carbons (Fsp3) is 0.182. The number of nitrogens with zero attached hydrogens (tertiary/aromatic N) is 2. The molecule has 286 valence electrons. The summed E-state index contributed by atoms with van der Waals surface area (Å²) >= 11 is 0. The highest BCUT2D eigenvalue weighted by atomic mass is 16.3. The smallest absolute Gasteiger partial charge is 0.271 e. The van der Waals surface area contributed by atoms with Gasteiger partial charge in [0.1, 0.15) is 11.5 Å². The summed E-state index contributed by atoms with van der Waals surface area (Å²) in [6.45, 7) is 10.7. The Morgan fingerprint density at radius 1 is 0.536 bits per heavy atom. The summed E-state index contributed by atoms with van der Waals surface area (Å²) in [5.41, 5.74) is 7.29. The second-order valence-electron chi connectivity index (χ2n) is 14.2. The number of fused-ring (bicyclic) bond motifs is 2. The SMILES string of the molecule is Cc1cc2c(C(C)C)c(O)c(O)c(/C=N/NC(=O)c3ccccc3)c2c(O)c1-c1c(C)cc2c(C(C)C)c(O)c(O)c(/C=N/NC(=O)c3ccccc3)c2c1O. The van der Waals surface area contributed by atoms with E-state index in [9.17, 15) is 40.2 Å². The van der Waals surface area contributed by atoms with Crippen molar-refractivity contribution < 1.29 is 40.2 Å². The Labute approximate surface area is 322 Å². The first-order valence-corrected chi connectivity index (χ1v) is 17.9. The number of rotatable bonds is 9. The van der Waals surface area contributed by atoms with E-state index in [2.05, 4.69) is 21.1 Å². The van der Waals surface area contributed by atoms with Gasteiger partial charge in [-0.15, -0.1) is 0 Å². The van der Waals surface area contributed by atoms with Crippen LogP contribution in [0.3, 0.4) is 0 Å². The summed E-state index contributed by atoms with van der Waals surface area (Å²) in [5, 5.41) is 78.9. The van der Waals surface area contributed by atoms with Crippen molar-refractivity contribution in [1.29, 1.82) is 0 Å². The number of aromatic hydroxyl groups is 6. The van der Waals surface area contributed by atoms with Crippen LogP contribution in [0.15, 0.2) is 83.0 Å². The zero-order valence-corrected chi connectivity index (χ0v) is 31.6. The molecule has 0 aromatic heterocycles. The van der Waals surface area contributed by atoms with E-state index in [4.69, 9.17) is 0 Å². The molecule has 0 fully saturated rings. The molecule has 6 aromatic rings. The Morgan fingerprint density at radius 2 is 0.875 bits per heavy atom. The Hall–Kier alpha value is -7.08. The van der Waals surface area contributed by atoms with Gasteiger partial charge in [-0.2, -0.15) is 10.2 Å². The fourth-order valence-electron chi connectivity index (χ4n) is 7.24. The van der Waals surface area contributed by atoms with Crippen molar-refractivity contribution in [1.82, 2.24) is 10.9 Å². The van der Waals surface area contributed by atoms with Crippen LogP contribution in [0.25, 0.3) is 32.7 Å². The fourth-order valence-corrected chi connectivity index (χ4v) is 7.24. The zero-order chi connectivity index (χ0) is 40.6. The van der Waals surface area contributed by atoms with Gasteiger partial charge in [0, 0.05) is 44.2 Å². The molecule has 8 N–H and O–H groups in total. The van der Waals surface area contributed by atoms with Crippen molar-refractivity contribution in [2.75, 3.05) is 0 Å². The zero-order valence-electron chi connectivity index (χ0n) is 31.6. The van der Waals surface area contributed by atoms with E-state index in [0.717, 1.165) is 12.4 Å². The monoisotopic (exact) mass is 754 g/mol. The first-order chi connectivity index (χ1) is 26.6. The Balaban J connectivity index is 1.61. The largest absolute Gasteiger partial charge is 0.507 e. The molecular formula is C44H42N4O8. The van der Waals surface area contributed by atoms with Gasteiger partial charge in [0.05, 0.1) is 23.6 Å². The van der Waals surface area contributed by atoms with Gasteiger partial charge in [0.25, 0.3) is 11.8 Å². The average Bonchev–Trinajstić information content (AvgIpc) is 3.16. The van der Waals surface area contributed by atoms with Gasteiger partial charge in [0.15, 0.2) is 23.0 Å². The lowest BCUT2D eigenvalue weighted by Gasteiger charge is -2.23. The number of carbonyl (C=O) groups excluding carboxylic acids is 2. The maximum absolute atomic E-state index is 12.8. The molecule has 6 rings (SSSR count). The summed E-state index contributed by atoms with van der Waals surface area (Å²) in [4.78, 5) is 25.5. The van der Waals surface area contributed by atoms with E-state index in [1.165, 1.54) is 0 Å². The molecule has 0 atom stereocenters. The third kappa shape index (κ3) is 6.77. The second kappa shape index (κ2) is 15.3. The van der Waals surface area contributed by atoms with Crippen LogP contribution in [-0.2, 0) is 0 Å². The van der Waals surface area contributed by atoms with Crippen LogP contribution in [0.5, 0.6) is 34.5 Å². The summed E-state index contributed by atoms with van der Waals surface area (Å²) in [6.07, 6.45) is 2.25. The molecule has 0 saturated carbocycles. The summed E-state index contributed by atoms with van der Waals surface area (Å²) in [6, 6.07) is 20.1. The average molecular weight is 755 g/mol. The van der Waals surface area contributed by atoms with Gasteiger partial charge in [0.2, 0.25) is 0 Å². The molecule has 0 heterocycles. The number of hydrazone groups is 2. The first-order valence-electron chi connectivity index (χ1n) is 17.9. The molecule has 56 heavy (non-hydrogen) atoms. The van der Waals surface area contributed by atoms with Gasteiger partial charge < -0.3 is 30.6 Å². The first kappa shape index (κ1) is 38.6. The van der Waals surface area contributed by atoms with E-state index in [0.29, 0.717) is 44.2 Å². The van der Waals surface area contributed by atoms with Crippen molar-refractivity contribution in [3.05, 3.63) is 117 Å². The molecular weight excluding hydrogens is 713 g/mol. The van der Waals surface area contributed by atoms with Crippen molar-refractivity contribution in [3.63, 3.8) is 0 Å². The molecule has 0 aliphatic carbocycles. The highest BCUT2D eigenvalue weighted by molar-refractivity contribution is 6.15. The van der Waals surface area contributed by atoms with Crippen molar-refractivity contribution in [2.24, 2.45) is 10.2 Å². The Morgan fingerprint density at radius 3 is 1.20 bits per heavy atom. The second-order valence-corrected chi connectivity index (χ2v) is 14.2. The standard InChI is InChI=1S/C44H42N4O8/c1-21(2)31-27-17-23(5)33(39(51)35(27)29(37(49)41(31)53)19-45-47-43(55)25-13-9-7-10-14-25)34-24(6)18-28-32(22(3)4)42(54)38(50)30(36(28)40(34)52)20-46-48-44(56)26-15-11-8-12-16-26/h7-22,49-54H,1-6H3,(H,47,55)(H,48,56)/b45-19+,46-20+. The van der Waals surface area contributed by atoms with Crippen molar-refractivity contribution in [3.8, 4) is 45.6 Å². The maximum Gasteiger partial charge on any atom is 0.271 e. The van der Waals surface area contributed by atoms with Crippen LogP contribution in [0.4, 0.5) is 0 Å². The third-order valence-electron chi connectivity index (χ3n) is 9.78. The van der Waals surface area contributed by atoms with Gasteiger partial charge in [-0.05, 0) is 71.8 Å². The van der Waals surface area contributed by atoms with E-state index >= 15 is 0 Å². The summed E-state index contributed by atoms with van der Waals surface area (Å²) < 4.78 is 0. The van der Waals surface area contributed by atoms with Crippen LogP contribution < -0.4 is 10.9 Å². The molecule has 0 aliphatic heterocycles. The molecule has 6 aromatic carbocycles. The van der Waals surface area contributed by atoms with Gasteiger partial charge >= 0.3 is 0 Å². The Bertz CT molecular complexity index is 2420. The quantitative estimate of drug-likeness (QED) is 0.0409. The topological polar surface area (TPSA) is 204 Å². The highest BCUT2D eigenvalue weighted by Gasteiger charge is 2.29. The van der Waals surface area contributed by atoms with E-state index < -0.39 is 34.8 Å². The molecule has 0 radical (unpaired) electrons. The minimum absolute atomic E-state index is 0.0861. The summed E-state index contributed by atoms with van der Waals surface area (Å²) in [7, 11) is 0. The number of carbonyl (C=O) groups is 2. The van der Waals surface area contributed by atoms with Crippen molar-refractivity contribution in [2.45, 2.75) is 53.4 Å². The number of aryl methyl sites for hydroxylation is 2. The lowest BCUT2D eigenvalue weighted by molar-refractivity contribution is 0.0947. The normalized spacial score (nSPS) is 11.8. The molecule has 0 aliphatic rings. The number of phenolic OH excluding ortho intramolecular Hbond substituents is 6. The van der Waals surface area contributed by atoms with Gasteiger partial charge in [-0.1, -0.05) is 76.2 Å². The summed E-state index contributed by atoms with van der Waals surface area (Å²) in [5.74, 6) is -4.43. The molecule has 2 amide bonds. The number of amides is 2. The number of hydrogen-bond donors (Lipinski definition) is 8. The number of phenols is 6. The third-order valence-corrected chi connectivity index (χ3v) is 9.78. The van der Waals surface area contributed by atoms with E-state index in [1.807, 2.05) is 27.7 Å². The van der Waals surface area contributed by atoms with Crippen molar-refractivity contribution >= 4 is 45.8 Å². The molecule has 0 bridgehead atoms. The minimum Gasteiger partial charge on any atom is -0.507 e. The van der Waals surface area contributed by atoms with Crippen LogP contribution >= 0.6 is 0 Å². The lowest BCUT2D eigenvalue weighted by Crippen LogP contribution is -2.17. The van der Waals surface area contributed by atoms with Gasteiger partial charge in [-0.25, -0.2) is 10.9 Å². The molecule has 0 saturated heterocycles. The van der Waals surface area contributed by atoms with E-state index in [1.54, 1.807) is 86.6 Å². The predicted octanol–water partition coefficient (Wildman–Crippen LogP) is 8.29. The molecule has 0 spiro atoms. The van der Waals surface area contributed by atoms with Crippen LogP contribution in [0.2, 0.25) is 0 Å². The molecule has 12 nitrogen and oxygen atoms in total. The molecule has 12 heteroatoms. The predicted molar refractivity (Wildman–Crippen MR) is 218 cm³/mol. The minimum atomic E-state index is -0.582. The van der Waals surface area contributed by atoms with E-state index in [-0.39, 0.29) is 56.4 Å². The van der Waals surface area contributed by atoms with Crippen LogP contribution in [0.1, 0.15) is 93.6 Å². The van der Waals surface area contributed by atoms with Gasteiger partial charge in [-0.3, -0.25) is 9.59 Å². The highest BCUT2D eigenvalue weighted by Crippen LogP contribution is 2.54. The van der Waals surface area contributed by atoms with Crippen LogP contribution in [-0.4, -0.2) is 54.9 Å².